The van der Waals surface area contributed by atoms with Crippen LogP contribution in [0.25, 0.3) is 11.4 Å². The molecule has 1 unspecified atom stereocenters. The third-order valence-corrected chi connectivity index (χ3v) is 7.23. The number of hydrogen-bond donors (Lipinski definition) is 0. The second-order valence-electron chi connectivity index (χ2n) is 10.0. The number of rotatable bonds is 11. The van der Waals surface area contributed by atoms with Gasteiger partial charge < -0.3 is 4.74 Å². The molecule has 0 aliphatic heterocycles. The summed E-state index contributed by atoms with van der Waals surface area (Å²) in [5.74, 6) is 2.04. The molecule has 0 saturated heterocycles. The lowest BCUT2D eigenvalue weighted by Gasteiger charge is -2.28. The van der Waals surface area contributed by atoms with Gasteiger partial charge in [-0.15, -0.1) is 0 Å². The largest absolute Gasteiger partial charge is 0.425 e. The third-order valence-electron chi connectivity index (χ3n) is 7.23. The fourth-order valence-corrected chi connectivity index (χ4v) is 4.94. The van der Waals surface area contributed by atoms with Crippen LogP contribution in [0.2, 0.25) is 0 Å². The highest BCUT2D eigenvalue weighted by Crippen LogP contribution is 2.37. The molecule has 0 amide bonds. The van der Waals surface area contributed by atoms with Gasteiger partial charge in [0.2, 0.25) is 0 Å². The Kier molecular flexibility index (Phi) is 9.62. The van der Waals surface area contributed by atoms with Crippen molar-refractivity contribution in [2.75, 3.05) is 0 Å². The molecule has 1 saturated carbocycles. The second kappa shape index (κ2) is 12.6. The molecule has 1 aromatic heterocycles. The lowest BCUT2D eigenvalue weighted by Crippen LogP contribution is -2.30. The molecule has 0 spiro atoms. The Bertz CT molecular complexity index is 941. The van der Waals surface area contributed by atoms with Crippen LogP contribution in [-0.2, 0) is 4.79 Å². The fraction of sp³-hybridized carbons (Fsp3) is 0.586. The summed E-state index contributed by atoms with van der Waals surface area (Å²) in [6.07, 6.45) is 17.1. The van der Waals surface area contributed by atoms with Crippen molar-refractivity contribution >= 4 is 5.97 Å². The number of nitrogens with zero attached hydrogens (tertiary/aromatic N) is 3. The quantitative estimate of drug-likeness (QED) is 0.195. The first-order valence-corrected chi connectivity index (χ1v) is 13.0. The Labute approximate surface area is 205 Å². The number of carbonyl (C=O) groups excluding carboxylic acids is 1. The van der Waals surface area contributed by atoms with Crippen LogP contribution in [-0.4, -0.2) is 15.9 Å². The Balaban J connectivity index is 1.53. The Morgan fingerprint density at radius 1 is 1.03 bits per heavy atom. The van der Waals surface area contributed by atoms with Crippen LogP contribution in [0.5, 0.6) is 5.75 Å². The summed E-state index contributed by atoms with van der Waals surface area (Å²) in [4.78, 5) is 21.7. The standard InChI is InChI=1S/C29H39N3O2/c1-4-6-7-8-9-22-10-12-23(13-11-22)25-19-31-27(32-20-25)24-14-16-26(17-15-24)34-28(33)29(3,21-30)18-5-2/h14-17,19-20,22-23H,4-13,18H2,1-3H3. The number of unbranched alkanes of at least 4 members (excludes halogenated alkanes) is 3. The molecule has 0 bridgehead atoms. The van der Waals surface area contributed by atoms with Crippen molar-refractivity contribution in [1.29, 1.82) is 5.26 Å². The zero-order chi connectivity index (χ0) is 24.4. The average molecular weight is 462 g/mol. The Morgan fingerprint density at radius 2 is 1.71 bits per heavy atom. The molecule has 34 heavy (non-hydrogen) atoms. The van der Waals surface area contributed by atoms with E-state index in [2.05, 4.69) is 23.0 Å². The minimum Gasteiger partial charge on any atom is -0.425 e. The van der Waals surface area contributed by atoms with Gasteiger partial charge in [-0.2, -0.15) is 5.26 Å². The highest BCUT2D eigenvalue weighted by molar-refractivity contribution is 5.81. The predicted octanol–water partition coefficient (Wildman–Crippen LogP) is 7.62. The molecule has 1 aromatic carbocycles. The van der Waals surface area contributed by atoms with Crippen molar-refractivity contribution in [3.8, 4) is 23.2 Å². The average Bonchev–Trinajstić information content (AvgIpc) is 2.87. The summed E-state index contributed by atoms with van der Waals surface area (Å²) >= 11 is 0. The Hall–Kier alpha value is -2.74. The molecule has 0 radical (unpaired) electrons. The number of hydrogen-bond acceptors (Lipinski definition) is 5. The maximum Gasteiger partial charge on any atom is 0.331 e. The Morgan fingerprint density at radius 3 is 2.29 bits per heavy atom. The van der Waals surface area contributed by atoms with E-state index in [4.69, 9.17) is 4.74 Å². The van der Waals surface area contributed by atoms with Gasteiger partial charge >= 0.3 is 5.97 Å². The number of aromatic nitrogens is 2. The molecular formula is C29H39N3O2. The molecule has 1 fully saturated rings. The minimum atomic E-state index is -1.12. The summed E-state index contributed by atoms with van der Waals surface area (Å²) in [7, 11) is 0. The zero-order valence-corrected chi connectivity index (χ0v) is 21.1. The number of esters is 1. The lowest BCUT2D eigenvalue weighted by atomic mass is 9.77. The summed E-state index contributed by atoms with van der Waals surface area (Å²) in [5.41, 5.74) is 0.991. The van der Waals surface area contributed by atoms with Crippen molar-refractivity contribution in [3.63, 3.8) is 0 Å². The molecule has 1 heterocycles. The van der Waals surface area contributed by atoms with E-state index in [1.165, 1.54) is 63.4 Å². The first kappa shape index (κ1) is 25.9. The smallest absolute Gasteiger partial charge is 0.331 e. The van der Waals surface area contributed by atoms with Crippen molar-refractivity contribution < 1.29 is 9.53 Å². The number of carbonyl (C=O) groups is 1. The van der Waals surface area contributed by atoms with Crippen LogP contribution >= 0.6 is 0 Å². The van der Waals surface area contributed by atoms with E-state index in [9.17, 15) is 10.1 Å². The van der Waals surface area contributed by atoms with Gasteiger partial charge in [0.25, 0.3) is 0 Å². The van der Waals surface area contributed by atoms with E-state index in [-0.39, 0.29) is 0 Å². The minimum absolute atomic E-state index is 0.425. The summed E-state index contributed by atoms with van der Waals surface area (Å²) < 4.78 is 5.46. The molecule has 1 atom stereocenters. The van der Waals surface area contributed by atoms with Crippen LogP contribution < -0.4 is 4.74 Å². The van der Waals surface area contributed by atoms with E-state index in [1.54, 1.807) is 19.1 Å². The molecule has 1 aliphatic rings. The zero-order valence-electron chi connectivity index (χ0n) is 21.1. The van der Waals surface area contributed by atoms with Gasteiger partial charge in [0, 0.05) is 18.0 Å². The van der Waals surface area contributed by atoms with Gasteiger partial charge in [0.1, 0.15) is 5.75 Å². The highest BCUT2D eigenvalue weighted by Gasteiger charge is 2.34. The monoisotopic (exact) mass is 461 g/mol. The summed E-state index contributed by atoms with van der Waals surface area (Å²) in [6, 6.07) is 9.26. The van der Waals surface area contributed by atoms with Crippen LogP contribution in [0, 0.1) is 22.7 Å². The van der Waals surface area contributed by atoms with Crippen molar-refractivity contribution in [2.24, 2.45) is 11.3 Å². The molecule has 1 aliphatic carbocycles. The van der Waals surface area contributed by atoms with Crippen molar-refractivity contribution in [3.05, 3.63) is 42.2 Å². The van der Waals surface area contributed by atoms with E-state index in [1.807, 2.05) is 31.5 Å². The van der Waals surface area contributed by atoms with E-state index < -0.39 is 11.4 Å². The first-order valence-electron chi connectivity index (χ1n) is 13.0. The predicted molar refractivity (Wildman–Crippen MR) is 135 cm³/mol. The van der Waals surface area contributed by atoms with E-state index >= 15 is 0 Å². The van der Waals surface area contributed by atoms with Gasteiger partial charge in [-0.3, -0.25) is 0 Å². The topological polar surface area (TPSA) is 75.9 Å². The first-order chi connectivity index (χ1) is 16.5. The number of benzene rings is 1. The van der Waals surface area contributed by atoms with Crippen molar-refractivity contribution in [2.45, 2.75) is 97.3 Å². The SMILES string of the molecule is CCCCCCC1CCC(c2cnc(-c3ccc(OC(=O)C(C)(C#N)CCC)cc3)nc2)CC1. The molecule has 182 valence electrons. The number of ether oxygens (including phenoxy) is 1. The van der Waals surface area contributed by atoms with Gasteiger partial charge in [0.05, 0.1) is 6.07 Å². The van der Waals surface area contributed by atoms with Crippen LogP contribution in [0.1, 0.15) is 103 Å². The van der Waals surface area contributed by atoms with Gasteiger partial charge in [-0.05, 0) is 80.7 Å². The van der Waals surface area contributed by atoms with Crippen LogP contribution in [0.15, 0.2) is 36.7 Å². The van der Waals surface area contributed by atoms with E-state index in [0.717, 1.165) is 17.9 Å². The van der Waals surface area contributed by atoms with Gasteiger partial charge in [0.15, 0.2) is 11.2 Å². The van der Waals surface area contributed by atoms with E-state index in [0.29, 0.717) is 23.9 Å². The summed E-state index contributed by atoms with van der Waals surface area (Å²) in [5, 5.41) is 9.37. The van der Waals surface area contributed by atoms with Gasteiger partial charge in [-0.1, -0.05) is 52.4 Å². The lowest BCUT2D eigenvalue weighted by molar-refractivity contribution is -0.142. The molecule has 5 heteroatoms. The molecule has 2 aromatic rings. The normalized spacial score (nSPS) is 19.7. The third kappa shape index (κ3) is 6.88. The van der Waals surface area contributed by atoms with Gasteiger partial charge in [-0.25, -0.2) is 14.8 Å². The van der Waals surface area contributed by atoms with Crippen LogP contribution in [0.3, 0.4) is 0 Å². The van der Waals surface area contributed by atoms with Crippen molar-refractivity contribution in [1.82, 2.24) is 9.97 Å². The fourth-order valence-electron chi connectivity index (χ4n) is 4.94. The maximum atomic E-state index is 12.4. The highest BCUT2D eigenvalue weighted by atomic mass is 16.5. The second-order valence-corrected chi connectivity index (χ2v) is 10.0. The van der Waals surface area contributed by atoms with Crippen LogP contribution in [0.4, 0.5) is 0 Å². The molecule has 0 N–H and O–H groups in total. The molecular weight excluding hydrogens is 422 g/mol. The number of nitriles is 1. The summed E-state index contributed by atoms with van der Waals surface area (Å²) in [6.45, 7) is 5.85. The molecule has 3 rings (SSSR count). The maximum absolute atomic E-state index is 12.4. The molecule has 5 nitrogen and oxygen atoms in total.